The molecule has 138 valence electrons. The van der Waals surface area contributed by atoms with Crippen LogP contribution in [0.3, 0.4) is 0 Å². The molecule has 2 aromatic carbocycles. The molecule has 3 rings (SSSR count). The van der Waals surface area contributed by atoms with E-state index in [1.165, 1.54) is 22.9 Å². The van der Waals surface area contributed by atoms with E-state index in [1.54, 1.807) is 6.20 Å². The van der Waals surface area contributed by atoms with Crippen LogP contribution in [0.25, 0.3) is 5.69 Å². The van der Waals surface area contributed by atoms with E-state index in [2.05, 4.69) is 10.3 Å². The maximum atomic E-state index is 13.7. The maximum Gasteiger partial charge on any atom is 0.287 e. The van der Waals surface area contributed by atoms with E-state index < -0.39 is 11.7 Å². The summed E-state index contributed by atoms with van der Waals surface area (Å²) in [7, 11) is 0. The number of thioether (sulfide) groups is 1. The van der Waals surface area contributed by atoms with Gasteiger partial charge in [0, 0.05) is 23.1 Å². The summed E-state index contributed by atoms with van der Waals surface area (Å²) in [5.74, 6) is -1.16. The Balaban J connectivity index is 1.72. The first kappa shape index (κ1) is 19.1. The second kappa shape index (κ2) is 8.37. The Bertz CT molecular complexity index is 1060. The largest absolute Gasteiger partial charge is 0.323 e. The molecule has 1 N–H and O–H groups in total. The van der Waals surface area contributed by atoms with Gasteiger partial charge in [-0.1, -0.05) is 35.5 Å². The van der Waals surface area contributed by atoms with Crippen LogP contribution >= 0.6 is 23.4 Å². The van der Waals surface area contributed by atoms with Crippen molar-refractivity contribution in [2.45, 2.75) is 11.9 Å². The molecule has 0 saturated heterocycles. The van der Waals surface area contributed by atoms with Gasteiger partial charge in [0.15, 0.2) is 5.03 Å². The molecule has 8 heteroatoms. The summed E-state index contributed by atoms with van der Waals surface area (Å²) < 4.78 is 15.2. The monoisotopic (exact) mass is 403 g/mol. The molecule has 0 aliphatic rings. The van der Waals surface area contributed by atoms with Gasteiger partial charge in [0.1, 0.15) is 5.82 Å². The number of hydrogen-bond acceptors (Lipinski definition) is 4. The standard InChI is InChI=1S/C19H15ClFN3O2S/c1-12-3-2-4-14(9-12)24-8-7-22-18(19(24)26)27-11-17(25)23-16-6-5-13(20)10-15(16)21/h2-10H,11H2,1H3,(H,23,25). The highest BCUT2D eigenvalue weighted by atomic mass is 35.5. The first-order chi connectivity index (χ1) is 12.9. The zero-order chi connectivity index (χ0) is 19.4. The molecule has 3 aromatic rings. The maximum absolute atomic E-state index is 13.7. The van der Waals surface area contributed by atoms with E-state index in [0.29, 0.717) is 0 Å². The average molecular weight is 404 g/mol. The number of carbonyl (C=O) groups excluding carboxylic acids is 1. The molecule has 0 aliphatic carbocycles. The highest BCUT2D eigenvalue weighted by Gasteiger charge is 2.12. The van der Waals surface area contributed by atoms with E-state index >= 15 is 0 Å². The summed E-state index contributed by atoms with van der Waals surface area (Å²) in [5, 5.41) is 2.88. The third-order valence-corrected chi connectivity index (χ3v) is 4.83. The average Bonchev–Trinajstić information content (AvgIpc) is 2.63. The molecule has 0 radical (unpaired) electrons. The van der Waals surface area contributed by atoms with Gasteiger partial charge in [0.25, 0.3) is 5.56 Å². The minimum Gasteiger partial charge on any atom is -0.323 e. The van der Waals surface area contributed by atoms with Crippen LogP contribution < -0.4 is 10.9 Å². The zero-order valence-corrected chi connectivity index (χ0v) is 15.9. The first-order valence-electron chi connectivity index (χ1n) is 7.96. The van der Waals surface area contributed by atoms with Crippen LogP contribution in [-0.2, 0) is 4.79 Å². The summed E-state index contributed by atoms with van der Waals surface area (Å²) >= 11 is 6.68. The van der Waals surface area contributed by atoms with Gasteiger partial charge in [-0.15, -0.1) is 0 Å². The van der Waals surface area contributed by atoms with Crippen molar-refractivity contribution >= 4 is 35.0 Å². The summed E-state index contributed by atoms with van der Waals surface area (Å²) in [4.78, 5) is 28.7. The molecule has 0 bridgehead atoms. The predicted octanol–water partition coefficient (Wildman–Crippen LogP) is 4.06. The quantitative estimate of drug-likeness (QED) is 0.652. The molecule has 0 spiro atoms. The summed E-state index contributed by atoms with van der Waals surface area (Å²) in [6, 6.07) is 11.5. The molecule has 0 saturated carbocycles. The number of aryl methyl sites for hydroxylation is 1. The van der Waals surface area contributed by atoms with Crippen LogP contribution in [0.4, 0.5) is 10.1 Å². The van der Waals surface area contributed by atoms with E-state index in [4.69, 9.17) is 11.6 Å². The van der Waals surface area contributed by atoms with Crippen molar-refractivity contribution in [3.63, 3.8) is 0 Å². The lowest BCUT2D eigenvalue weighted by molar-refractivity contribution is -0.113. The molecule has 0 atom stereocenters. The molecule has 1 heterocycles. The van der Waals surface area contributed by atoms with E-state index in [0.717, 1.165) is 29.1 Å². The number of aromatic nitrogens is 2. The Morgan fingerprint density at radius 2 is 2.11 bits per heavy atom. The van der Waals surface area contributed by atoms with Crippen LogP contribution in [0.15, 0.2) is 64.7 Å². The van der Waals surface area contributed by atoms with Crippen LogP contribution in [0.2, 0.25) is 5.02 Å². The number of carbonyl (C=O) groups is 1. The van der Waals surface area contributed by atoms with Crippen LogP contribution in [0.1, 0.15) is 5.56 Å². The van der Waals surface area contributed by atoms with Gasteiger partial charge < -0.3 is 5.32 Å². The number of halogens is 2. The fourth-order valence-corrected chi connectivity index (χ4v) is 3.24. The number of rotatable bonds is 5. The first-order valence-corrected chi connectivity index (χ1v) is 9.33. The second-order valence-corrected chi connectivity index (χ2v) is 7.11. The lowest BCUT2D eigenvalue weighted by atomic mass is 10.2. The molecular formula is C19H15ClFN3O2S. The molecule has 1 aromatic heterocycles. The molecular weight excluding hydrogens is 389 g/mol. The van der Waals surface area contributed by atoms with Crippen LogP contribution in [-0.4, -0.2) is 21.2 Å². The van der Waals surface area contributed by atoms with Crippen molar-refractivity contribution in [1.29, 1.82) is 0 Å². The van der Waals surface area contributed by atoms with E-state index in [-0.39, 0.29) is 27.0 Å². The van der Waals surface area contributed by atoms with E-state index in [9.17, 15) is 14.0 Å². The van der Waals surface area contributed by atoms with Gasteiger partial charge in [-0.2, -0.15) is 0 Å². The molecule has 1 amide bonds. The van der Waals surface area contributed by atoms with Crippen molar-refractivity contribution in [3.05, 3.63) is 81.6 Å². The summed E-state index contributed by atoms with van der Waals surface area (Å²) in [6.45, 7) is 1.94. The van der Waals surface area contributed by atoms with Gasteiger partial charge >= 0.3 is 0 Å². The number of nitrogens with one attached hydrogen (secondary N) is 1. The zero-order valence-electron chi connectivity index (χ0n) is 14.3. The van der Waals surface area contributed by atoms with Gasteiger partial charge in [-0.25, -0.2) is 9.37 Å². The van der Waals surface area contributed by atoms with Crippen molar-refractivity contribution in [3.8, 4) is 5.69 Å². The minimum absolute atomic E-state index is 0.0307. The number of hydrogen-bond donors (Lipinski definition) is 1. The lowest BCUT2D eigenvalue weighted by Crippen LogP contribution is -2.22. The van der Waals surface area contributed by atoms with Gasteiger partial charge in [-0.3, -0.25) is 14.2 Å². The molecule has 0 fully saturated rings. The topological polar surface area (TPSA) is 64.0 Å². The van der Waals surface area contributed by atoms with Crippen LogP contribution in [0.5, 0.6) is 0 Å². The molecule has 0 unspecified atom stereocenters. The Morgan fingerprint density at radius 1 is 1.30 bits per heavy atom. The third kappa shape index (κ3) is 4.75. The number of anilines is 1. The Morgan fingerprint density at radius 3 is 2.85 bits per heavy atom. The summed E-state index contributed by atoms with van der Waals surface area (Å²) in [6.07, 6.45) is 3.08. The normalized spacial score (nSPS) is 10.6. The lowest BCUT2D eigenvalue weighted by Gasteiger charge is -2.09. The Hall–Kier alpha value is -2.64. The molecule has 5 nitrogen and oxygen atoms in total. The highest BCUT2D eigenvalue weighted by molar-refractivity contribution is 7.99. The number of benzene rings is 2. The smallest absolute Gasteiger partial charge is 0.287 e. The van der Waals surface area contributed by atoms with Crippen molar-refractivity contribution in [2.24, 2.45) is 0 Å². The van der Waals surface area contributed by atoms with Crippen molar-refractivity contribution in [1.82, 2.24) is 9.55 Å². The number of amides is 1. The summed E-state index contributed by atoms with van der Waals surface area (Å²) in [5.41, 5.74) is 1.45. The van der Waals surface area contributed by atoms with Gasteiger partial charge in [0.05, 0.1) is 11.4 Å². The van der Waals surface area contributed by atoms with Gasteiger partial charge in [-0.05, 0) is 42.8 Å². The predicted molar refractivity (Wildman–Crippen MR) is 105 cm³/mol. The highest BCUT2D eigenvalue weighted by Crippen LogP contribution is 2.20. The second-order valence-electron chi connectivity index (χ2n) is 5.71. The Kier molecular flexibility index (Phi) is 5.93. The number of nitrogens with zero attached hydrogens (tertiary/aromatic N) is 2. The van der Waals surface area contributed by atoms with Crippen molar-refractivity contribution < 1.29 is 9.18 Å². The van der Waals surface area contributed by atoms with Crippen LogP contribution in [0, 0.1) is 12.7 Å². The third-order valence-electron chi connectivity index (χ3n) is 3.63. The molecule has 27 heavy (non-hydrogen) atoms. The fraction of sp³-hybridized carbons (Fsp3) is 0.105. The molecule has 0 aliphatic heterocycles. The van der Waals surface area contributed by atoms with E-state index in [1.807, 2.05) is 31.2 Å². The van der Waals surface area contributed by atoms with Crippen molar-refractivity contribution in [2.75, 3.05) is 11.1 Å². The Labute approximate surface area is 164 Å². The minimum atomic E-state index is -0.625. The SMILES string of the molecule is Cc1cccc(-n2ccnc(SCC(=O)Nc3ccc(Cl)cc3F)c2=O)c1. The van der Waals surface area contributed by atoms with Gasteiger partial charge in [0.2, 0.25) is 5.91 Å². The fourth-order valence-electron chi connectivity index (χ4n) is 2.38.